The van der Waals surface area contributed by atoms with E-state index in [0.29, 0.717) is 28.8 Å². The smallest absolute Gasteiger partial charge is 0.274 e. The van der Waals surface area contributed by atoms with E-state index in [1.807, 2.05) is 36.6 Å². The maximum Gasteiger partial charge on any atom is 0.312 e. The van der Waals surface area contributed by atoms with Crippen LogP contribution in [0.25, 0.3) is 0 Å². The summed E-state index contributed by atoms with van der Waals surface area (Å²) in [6, 6.07) is 7.64. The van der Waals surface area contributed by atoms with Gasteiger partial charge in [0.2, 0.25) is 5.91 Å². The van der Waals surface area contributed by atoms with Crippen molar-refractivity contribution in [2.24, 2.45) is 0 Å². The van der Waals surface area contributed by atoms with Gasteiger partial charge in [-0.3, -0.25) is 24.5 Å². The molecular weight excluding hydrogens is 366 g/mol. The number of hydrogen-bond donors (Lipinski definition) is 0. The van der Waals surface area contributed by atoms with Crippen LogP contribution in [-0.4, -0.2) is 25.6 Å². The summed E-state index contributed by atoms with van der Waals surface area (Å²) in [5, 5.41) is 17.8. The van der Waals surface area contributed by atoms with Crippen LogP contribution in [0.3, 0.4) is 0 Å². The summed E-state index contributed by atoms with van der Waals surface area (Å²) in [5.41, 5.74) is 3.37. The molecule has 2 aromatic heterocycles. The zero-order valence-corrected chi connectivity index (χ0v) is 16.3. The molecule has 1 aromatic carbocycles. The fourth-order valence-corrected chi connectivity index (χ4v) is 3.80. The minimum Gasteiger partial charge on any atom is -0.274 e. The van der Waals surface area contributed by atoms with Gasteiger partial charge >= 0.3 is 5.69 Å². The molecule has 0 atom stereocenters. The quantitative estimate of drug-likeness (QED) is 0.490. The van der Waals surface area contributed by atoms with Gasteiger partial charge in [0.25, 0.3) is 0 Å². The van der Waals surface area contributed by atoms with Crippen LogP contribution in [0.5, 0.6) is 0 Å². The summed E-state index contributed by atoms with van der Waals surface area (Å²) in [5.74, 6) is -0.136. The molecular formula is C18H19N5O3S. The third-order valence-electron chi connectivity index (χ3n) is 4.14. The standard InChI is InChI=1S/C18H19N5O3S/c1-11-6-5-7-16(8-11)22(14(4)24)18-19-15(10-27-18)9-21-13(3)17(23(25)26)12(2)20-21/h5-8,10H,9H2,1-4H3. The van der Waals surface area contributed by atoms with Gasteiger partial charge in [0, 0.05) is 12.3 Å². The topological polar surface area (TPSA) is 94.2 Å². The van der Waals surface area contributed by atoms with Crippen molar-refractivity contribution < 1.29 is 9.72 Å². The van der Waals surface area contributed by atoms with Crippen molar-refractivity contribution in [1.82, 2.24) is 14.8 Å². The minimum atomic E-state index is -0.421. The first-order valence-corrected chi connectivity index (χ1v) is 9.16. The van der Waals surface area contributed by atoms with Crippen molar-refractivity contribution in [3.05, 3.63) is 62.4 Å². The number of benzene rings is 1. The Bertz CT molecular complexity index is 1020. The summed E-state index contributed by atoms with van der Waals surface area (Å²) >= 11 is 1.35. The number of rotatable bonds is 5. The van der Waals surface area contributed by atoms with Crippen molar-refractivity contribution in [3.8, 4) is 0 Å². The third-order valence-corrected chi connectivity index (χ3v) is 5.02. The average molecular weight is 385 g/mol. The van der Waals surface area contributed by atoms with Crippen LogP contribution in [0, 0.1) is 30.9 Å². The van der Waals surface area contributed by atoms with E-state index in [-0.39, 0.29) is 11.6 Å². The van der Waals surface area contributed by atoms with Crippen LogP contribution in [0.1, 0.15) is 29.6 Å². The number of hydrogen-bond acceptors (Lipinski definition) is 6. The average Bonchev–Trinajstić information content (AvgIpc) is 3.12. The summed E-state index contributed by atoms with van der Waals surface area (Å²) in [4.78, 5) is 29.0. The van der Waals surface area contributed by atoms with Gasteiger partial charge in [-0.15, -0.1) is 11.3 Å². The number of carbonyl (C=O) groups excluding carboxylic acids is 1. The molecule has 9 heteroatoms. The number of carbonyl (C=O) groups is 1. The number of aromatic nitrogens is 3. The van der Waals surface area contributed by atoms with E-state index in [4.69, 9.17) is 0 Å². The number of anilines is 2. The zero-order valence-electron chi connectivity index (χ0n) is 15.5. The van der Waals surface area contributed by atoms with Gasteiger partial charge in [0.05, 0.1) is 22.8 Å². The van der Waals surface area contributed by atoms with Crippen molar-refractivity contribution in [1.29, 1.82) is 0 Å². The Morgan fingerprint density at radius 1 is 1.33 bits per heavy atom. The van der Waals surface area contributed by atoms with E-state index in [1.165, 1.54) is 18.3 Å². The second-order valence-electron chi connectivity index (χ2n) is 6.25. The fraction of sp³-hybridized carbons (Fsp3) is 0.278. The van der Waals surface area contributed by atoms with Crippen LogP contribution in [0.2, 0.25) is 0 Å². The molecule has 0 saturated heterocycles. The lowest BCUT2D eigenvalue weighted by molar-refractivity contribution is -0.386. The minimum absolute atomic E-state index is 0.0237. The number of aryl methyl sites for hydroxylation is 2. The Hall–Kier alpha value is -3.07. The summed E-state index contributed by atoms with van der Waals surface area (Å²) in [7, 11) is 0. The van der Waals surface area contributed by atoms with Gasteiger partial charge < -0.3 is 0 Å². The molecule has 3 aromatic rings. The summed E-state index contributed by atoms with van der Waals surface area (Å²) in [6.07, 6.45) is 0. The molecule has 0 aliphatic rings. The molecule has 3 rings (SSSR count). The van der Waals surface area contributed by atoms with Crippen molar-refractivity contribution in [2.45, 2.75) is 34.2 Å². The van der Waals surface area contributed by atoms with Gasteiger partial charge in [0.15, 0.2) is 5.13 Å². The second-order valence-corrected chi connectivity index (χ2v) is 7.09. The van der Waals surface area contributed by atoms with E-state index in [9.17, 15) is 14.9 Å². The number of amides is 1. The largest absolute Gasteiger partial charge is 0.312 e. The molecule has 140 valence electrons. The summed E-state index contributed by atoms with van der Waals surface area (Å²) in [6.45, 7) is 7.04. The maximum atomic E-state index is 12.2. The Kier molecular flexibility index (Phi) is 5.04. The van der Waals surface area contributed by atoms with E-state index in [0.717, 1.165) is 11.3 Å². The molecule has 1 amide bonds. The molecule has 0 fully saturated rings. The second kappa shape index (κ2) is 7.28. The first kappa shape index (κ1) is 18.7. The first-order valence-electron chi connectivity index (χ1n) is 8.28. The predicted octanol–water partition coefficient (Wildman–Crippen LogP) is 3.91. The molecule has 0 spiro atoms. The Balaban J connectivity index is 1.91. The molecule has 2 heterocycles. The molecule has 0 aliphatic carbocycles. The fourth-order valence-electron chi connectivity index (χ4n) is 2.92. The van der Waals surface area contributed by atoms with Gasteiger partial charge in [0.1, 0.15) is 11.4 Å². The summed E-state index contributed by atoms with van der Waals surface area (Å²) < 4.78 is 1.57. The normalized spacial score (nSPS) is 10.8. The molecule has 27 heavy (non-hydrogen) atoms. The van der Waals surface area contributed by atoms with Gasteiger partial charge in [-0.05, 0) is 38.5 Å². The van der Waals surface area contributed by atoms with Gasteiger partial charge in [-0.25, -0.2) is 4.98 Å². The van der Waals surface area contributed by atoms with E-state index in [1.54, 1.807) is 23.4 Å². The molecule has 0 N–H and O–H groups in total. The van der Waals surface area contributed by atoms with Crippen molar-refractivity contribution >= 4 is 33.8 Å². The van der Waals surface area contributed by atoms with Crippen LogP contribution in [-0.2, 0) is 11.3 Å². The lowest BCUT2D eigenvalue weighted by atomic mass is 10.2. The monoisotopic (exact) mass is 385 g/mol. The molecule has 0 radical (unpaired) electrons. The Morgan fingerprint density at radius 3 is 2.67 bits per heavy atom. The van der Waals surface area contributed by atoms with Crippen LogP contribution < -0.4 is 4.90 Å². The van der Waals surface area contributed by atoms with Gasteiger partial charge in [-0.2, -0.15) is 5.10 Å². The highest BCUT2D eigenvalue weighted by Gasteiger charge is 2.23. The van der Waals surface area contributed by atoms with Gasteiger partial charge in [-0.1, -0.05) is 12.1 Å². The van der Waals surface area contributed by atoms with Crippen LogP contribution in [0.4, 0.5) is 16.5 Å². The lowest BCUT2D eigenvalue weighted by Crippen LogP contribution is -2.22. The van der Waals surface area contributed by atoms with E-state index >= 15 is 0 Å². The van der Waals surface area contributed by atoms with Crippen LogP contribution >= 0.6 is 11.3 Å². The van der Waals surface area contributed by atoms with Crippen molar-refractivity contribution in [3.63, 3.8) is 0 Å². The lowest BCUT2D eigenvalue weighted by Gasteiger charge is -2.18. The van der Waals surface area contributed by atoms with Crippen molar-refractivity contribution in [2.75, 3.05) is 4.90 Å². The van der Waals surface area contributed by atoms with Crippen LogP contribution in [0.15, 0.2) is 29.6 Å². The number of nitrogens with zero attached hydrogens (tertiary/aromatic N) is 5. The molecule has 0 saturated carbocycles. The number of nitro groups is 1. The zero-order chi connectivity index (χ0) is 19.7. The van der Waals surface area contributed by atoms with E-state index in [2.05, 4.69) is 10.1 Å². The Labute approximate surface area is 160 Å². The highest BCUT2D eigenvalue weighted by Crippen LogP contribution is 2.30. The molecule has 0 aliphatic heterocycles. The molecule has 0 unspecified atom stereocenters. The molecule has 0 bridgehead atoms. The molecule has 8 nitrogen and oxygen atoms in total. The Morgan fingerprint density at radius 2 is 2.07 bits per heavy atom. The highest BCUT2D eigenvalue weighted by atomic mass is 32.1. The maximum absolute atomic E-state index is 12.2. The SMILES string of the molecule is CC(=O)N(c1cccc(C)c1)c1nc(Cn2nc(C)c([N+](=O)[O-])c2C)cs1. The number of thiazole rings is 1. The first-order chi connectivity index (χ1) is 12.8. The third kappa shape index (κ3) is 3.72. The van der Waals surface area contributed by atoms with E-state index < -0.39 is 4.92 Å². The predicted molar refractivity (Wildman–Crippen MR) is 104 cm³/mol. The highest BCUT2D eigenvalue weighted by molar-refractivity contribution is 7.14.